The molecule has 88 valence electrons. The fourth-order valence-electron chi connectivity index (χ4n) is 1.72. The Labute approximate surface area is 98.3 Å². The first-order valence-electron chi connectivity index (χ1n) is 5.93. The van der Waals surface area contributed by atoms with Crippen molar-refractivity contribution < 1.29 is 0 Å². The first kappa shape index (κ1) is 12.9. The molecule has 1 N–H and O–H groups in total. The van der Waals surface area contributed by atoms with Crippen LogP contribution in [0, 0.1) is 5.92 Å². The van der Waals surface area contributed by atoms with E-state index in [0.717, 1.165) is 11.6 Å². The summed E-state index contributed by atoms with van der Waals surface area (Å²) in [5.41, 5.74) is 0.222. The van der Waals surface area contributed by atoms with Crippen molar-refractivity contribution in [3.8, 4) is 0 Å². The van der Waals surface area contributed by atoms with E-state index in [2.05, 4.69) is 39.9 Å². The van der Waals surface area contributed by atoms with Gasteiger partial charge in [-0.25, -0.2) is 0 Å². The summed E-state index contributed by atoms with van der Waals surface area (Å²) in [6.45, 7) is 11.2. The fourth-order valence-corrected chi connectivity index (χ4v) is 3.09. The highest BCUT2D eigenvalue weighted by Gasteiger charge is 2.25. The summed E-state index contributed by atoms with van der Waals surface area (Å²) in [5, 5.41) is 4.67. The third-order valence-corrected chi connectivity index (χ3v) is 3.77. The highest BCUT2D eigenvalue weighted by atomic mass is 32.2. The van der Waals surface area contributed by atoms with Crippen molar-refractivity contribution in [3.05, 3.63) is 0 Å². The maximum absolute atomic E-state index is 4.82. The summed E-state index contributed by atoms with van der Waals surface area (Å²) >= 11 is 1.87. The molecule has 1 atom stereocenters. The monoisotopic (exact) mass is 228 g/mol. The Morgan fingerprint density at radius 3 is 2.60 bits per heavy atom. The SMILES string of the molecule is CCC(N=C1NC(C)(C)CCS1)C(C)C. The standard InChI is InChI=1S/C12H24N2S/c1-6-10(9(2)3)13-11-14-12(4,5)7-8-15-11/h9-10H,6-8H2,1-5H3,(H,13,14). The molecular formula is C12H24N2S. The van der Waals surface area contributed by atoms with E-state index in [0.29, 0.717) is 12.0 Å². The summed E-state index contributed by atoms with van der Waals surface area (Å²) in [7, 11) is 0. The third-order valence-electron chi connectivity index (χ3n) is 2.88. The molecule has 0 aromatic heterocycles. The van der Waals surface area contributed by atoms with Gasteiger partial charge in [-0.3, -0.25) is 4.99 Å². The third kappa shape index (κ3) is 4.06. The molecule has 0 aliphatic carbocycles. The zero-order valence-electron chi connectivity index (χ0n) is 10.6. The molecular weight excluding hydrogens is 204 g/mol. The van der Waals surface area contributed by atoms with Gasteiger partial charge in [0.05, 0.1) is 6.04 Å². The molecule has 15 heavy (non-hydrogen) atoms. The van der Waals surface area contributed by atoms with Crippen LogP contribution in [0.1, 0.15) is 47.5 Å². The van der Waals surface area contributed by atoms with Crippen LogP contribution in [0.3, 0.4) is 0 Å². The van der Waals surface area contributed by atoms with E-state index in [1.807, 2.05) is 11.8 Å². The van der Waals surface area contributed by atoms with E-state index < -0.39 is 0 Å². The second-order valence-electron chi connectivity index (χ2n) is 5.26. The van der Waals surface area contributed by atoms with Gasteiger partial charge in [0, 0.05) is 11.3 Å². The lowest BCUT2D eigenvalue weighted by atomic mass is 10.0. The highest BCUT2D eigenvalue weighted by molar-refractivity contribution is 8.13. The lowest BCUT2D eigenvalue weighted by molar-refractivity contribution is 0.438. The van der Waals surface area contributed by atoms with Crippen LogP contribution in [0.15, 0.2) is 4.99 Å². The van der Waals surface area contributed by atoms with Crippen LogP contribution >= 0.6 is 11.8 Å². The normalized spacial score (nSPS) is 25.3. The van der Waals surface area contributed by atoms with Crippen LogP contribution < -0.4 is 5.32 Å². The molecule has 1 rings (SSSR count). The molecule has 1 aliphatic heterocycles. The van der Waals surface area contributed by atoms with Crippen molar-refractivity contribution in [1.82, 2.24) is 5.32 Å². The Morgan fingerprint density at radius 1 is 1.47 bits per heavy atom. The molecule has 0 amide bonds. The molecule has 2 nitrogen and oxygen atoms in total. The van der Waals surface area contributed by atoms with Gasteiger partial charge in [-0.15, -0.1) is 0 Å². The van der Waals surface area contributed by atoms with Gasteiger partial charge in [0.15, 0.2) is 5.17 Å². The zero-order valence-corrected chi connectivity index (χ0v) is 11.4. The van der Waals surface area contributed by atoms with E-state index in [9.17, 15) is 0 Å². The van der Waals surface area contributed by atoms with Gasteiger partial charge in [-0.1, -0.05) is 32.5 Å². The van der Waals surface area contributed by atoms with Crippen molar-refractivity contribution in [2.75, 3.05) is 5.75 Å². The lowest BCUT2D eigenvalue weighted by Crippen LogP contribution is -2.46. The Bertz CT molecular complexity index is 234. The smallest absolute Gasteiger partial charge is 0.157 e. The molecule has 1 saturated heterocycles. The Balaban J connectivity index is 2.65. The Hall–Kier alpha value is -0.180. The molecule has 1 fully saturated rings. The number of hydrogen-bond donors (Lipinski definition) is 1. The molecule has 3 heteroatoms. The first-order chi connectivity index (χ1) is 6.94. The van der Waals surface area contributed by atoms with Crippen molar-refractivity contribution >= 4 is 16.9 Å². The molecule has 1 heterocycles. The second kappa shape index (κ2) is 5.24. The summed E-state index contributed by atoms with van der Waals surface area (Å²) in [6, 6.07) is 0.467. The number of aliphatic imine (C=N–C) groups is 1. The molecule has 1 unspecified atom stereocenters. The maximum atomic E-state index is 4.82. The largest absolute Gasteiger partial charge is 0.360 e. The minimum absolute atomic E-state index is 0.222. The topological polar surface area (TPSA) is 24.4 Å². The Morgan fingerprint density at radius 2 is 2.13 bits per heavy atom. The van der Waals surface area contributed by atoms with E-state index >= 15 is 0 Å². The molecule has 0 saturated carbocycles. The van der Waals surface area contributed by atoms with Crippen LogP contribution in [0.25, 0.3) is 0 Å². The van der Waals surface area contributed by atoms with Crippen molar-refractivity contribution in [1.29, 1.82) is 0 Å². The van der Waals surface area contributed by atoms with Gasteiger partial charge in [0.2, 0.25) is 0 Å². The zero-order chi connectivity index (χ0) is 11.5. The van der Waals surface area contributed by atoms with Gasteiger partial charge < -0.3 is 5.32 Å². The van der Waals surface area contributed by atoms with Crippen LogP contribution in [0.4, 0.5) is 0 Å². The van der Waals surface area contributed by atoms with Crippen molar-refractivity contribution in [3.63, 3.8) is 0 Å². The molecule has 0 aromatic rings. The van der Waals surface area contributed by atoms with Crippen LogP contribution in [0.2, 0.25) is 0 Å². The number of hydrogen-bond acceptors (Lipinski definition) is 2. The number of rotatable bonds is 3. The Kier molecular flexibility index (Phi) is 4.50. The molecule has 1 aliphatic rings. The van der Waals surface area contributed by atoms with Crippen LogP contribution in [-0.2, 0) is 0 Å². The summed E-state index contributed by atoms with van der Waals surface area (Å²) in [5.74, 6) is 1.82. The van der Waals surface area contributed by atoms with Gasteiger partial charge in [-0.05, 0) is 32.6 Å². The second-order valence-corrected chi connectivity index (χ2v) is 6.34. The van der Waals surface area contributed by atoms with Crippen molar-refractivity contribution in [2.45, 2.75) is 59.0 Å². The van der Waals surface area contributed by atoms with Crippen LogP contribution in [-0.4, -0.2) is 22.5 Å². The summed E-state index contributed by atoms with van der Waals surface area (Å²) < 4.78 is 0. The molecule has 0 spiro atoms. The van der Waals surface area contributed by atoms with E-state index in [4.69, 9.17) is 4.99 Å². The number of nitrogens with zero attached hydrogens (tertiary/aromatic N) is 1. The minimum Gasteiger partial charge on any atom is -0.360 e. The summed E-state index contributed by atoms with van der Waals surface area (Å²) in [6.07, 6.45) is 2.35. The minimum atomic E-state index is 0.222. The predicted molar refractivity (Wildman–Crippen MR) is 70.6 cm³/mol. The van der Waals surface area contributed by atoms with Crippen molar-refractivity contribution in [2.24, 2.45) is 10.9 Å². The molecule has 0 aromatic carbocycles. The quantitative estimate of drug-likeness (QED) is 0.801. The van der Waals surface area contributed by atoms with E-state index in [1.165, 1.54) is 12.2 Å². The van der Waals surface area contributed by atoms with Gasteiger partial charge >= 0.3 is 0 Å². The first-order valence-corrected chi connectivity index (χ1v) is 6.92. The van der Waals surface area contributed by atoms with E-state index in [-0.39, 0.29) is 5.54 Å². The summed E-state index contributed by atoms with van der Waals surface area (Å²) in [4.78, 5) is 4.82. The fraction of sp³-hybridized carbons (Fsp3) is 0.917. The number of nitrogens with one attached hydrogen (secondary N) is 1. The van der Waals surface area contributed by atoms with Gasteiger partial charge in [0.1, 0.15) is 0 Å². The van der Waals surface area contributed by atoms with Crippen LogP contribution in [0.5, 0.6) is 0 Å². The average Bonchev–Trinajstić information content (AvgIpc) is 2.12. The highest BCUT2D eigenvalue weighted by Crippen LogP contribution is 2.23. The molecule has 0 radical (unpaired) electrons. The predicted octanol–water partition coefficient (Wildman–Crippen LogP) is 3.28. The van der Waals surface area contributed by atoms with E-state index in [1.54, 1.807) is 0 Å². The molecule has 0 bridgehead atoms. The number of thioether (sulfide) groups is 1. The maximum Gasteiger partial charge on any atom is 0.157 e. The van der Waals surface area contributed by atoms with Gasteiger partial charge in [-0.2, -0.15) is 0 Å². The number of amidine groups is 1. The lowest BCUT2D eigenvalue weighted by Gasteiger charge is -2.33. The average molecular weight is 228 g/mol. The van der Waals surface area contributed by atoms with Gasteiger partial charge in [0.25, 0.3) is 0 Å².